The lowest BCUT2D eigenvalue weighted by molar-refractivity contribution is -0.114. The number of benzene rings is 1. The van der Waals surface area contributed by atoms with Crippen LogP contribution in [0.5, 0.6) is 0 Å². The van der Waals surface area contributed by atoms with Crippen molar-refractivity contribution in [2.45, 2.75) is 19.0 Å². The predicted octanol–water partition coefficient (Wildman–Crippen LogP) is 1.81. The first-order chi connectivity index (χ1) is 10.5. The second-order valence-corrected chi connectivity index (χ2v) is 5.71. The summed E-state index contributed by atoms with van der Waals surface area (Å²) in [6, 6.07) is 5.38. The molecule has 1 aromatic carbocycles. The minimum atomic E-state index is -0.149. The van der Waals surface area contributed by atoms with Crippen molar-refractivity contribution >= 4 is 35.0 Å². The number of aryl methyl sites for hydroxylation is 2. The lowest BCUT2D eigenvalue weighted by Gasteiger charge is -2.10. The van der Waals surface area contributed by atoms with Gasteiger partial charge in [-0.15, -0.1) is 10.2 Å². The molecule has 22 heavy (non-hydrogen) atoms. The van der Waals surface area contributed by atoms with Gasteiger partial charge in [-0.3, -0.25) is 9.59 Å². The minimum Gasteiger partial charge on any atom is -0.326 e. The third kappa shape index (κ3) is 4.32. The number of rotatable bonds is 5. The lowest BCUT2D eigenvalue weighted by Crippen LogP contribution is -2.15. The van der Waals surface area contributed by atoms with Gasteiger partial charge in [0.2, 0.25) is 11.8 Å². The quantitative estimate of drug-likeness (QED) is 0.821. The fraction of sp³-hybridized carbons (Fsp3) is 0.286. The van der Waals surface area contributed by atoms with Crippen LogP contribution in [0.2, 0.25) is 0 Å². The van der Waals surface area contributed by atoms with Crippen LogP contribution in [0.15, 0.2) is 29.7 Å². The van der Waals surface area contributed by atoms with E-state index in [1.165, 1.54) is 18.7 Å². The molecule has 0 aliphatic carbocycles. The topological polar surface area (TPSA) is 88.9 Å². The molecular weight excluding hydrogens is 302 g/mol. The lowest BCUT2D eigenvalue weighted by atomic mass is 10.2. The summed E-state index contributed by atoms with van der Waals surface area (Å²) in [5.41, 5.74) is 2.26. The zero-order valence-electron chi connectivity index (χ0n) is 12.6. The minimum absolute atomic E-state index is 0.148. The number of carbonyl (C=O) groups is 2. The highest BCUT2D eigenvalue weighted by molar-refractivity contribution is 7.99. The van der Waals surface area contributed by atoms with Crippen LogP contribution in [0.4, 0.5) is 11.4 Å². The molecule has 0 atom stereocenters. The van der Waals surface area contributed by atoms with E-state index < -0.39 is 0 Å². The molecule has 0 aliphatic heterocycles. The molecule has 2 aromatic rings. The molecule has 0 bridgehead atoms. The molecule has 116 valence electrons. The van der Waals surface area contributed by atoms with Crippen LogP contribution in [0.3, 0.4) is 0 Å². The van der Waals surface area contributed by atoms with Gasteiger partial charge in [-0.1, -0.05) is 17.8 Å². The first-order valence-electron chi connectivity index (χ1n) is 6.60. The number of nitrogens with one attached hydrogen (secondary N) is 2. The predicted molar refractivity (Wildman–Crippen MR) is 85.8 cm³/mol. The maximum atomic E-state index is 12.0. The van der Waals surface area contributed by atoms with Gasteiger partial charge in [0.15, 0.2) is 5.16 Å². The second kappa shape index (κ2) is 7.08. The molecular formula is C14H17N5O2S. The maximum absolute atomic E-state index is 12.0. The summed E-state index contributed by atoms with van der Waals surface area (Å²) < 4.78 is 1.75. The molecule has 0 spiro atoms. The van der Waals surface area contributed by atoms with Crippen molar-refractivity contribution in [3.63, 3.8) is 0 Å². The second-order valence-electron chi connectivity index (χ2n) is 4.77. The van der Waals surface area contributed by atoms with E-state index in [0.717, 1.165) is 5.56 Å². The molecule has 0 fully saturated rings. The monoisotopic (exact) mass is 319 g/mol. The Bertz CT molecular complexity index is 698. The molecule has 0 radical (unpaired) electrons. The largest absolute Gasteiger partial charge is 0.326 e. The fourth-order valence-electron chi connectivity index (χ4n) is 1.75. The summed E-state index contributed by atoms with van der Waals surface area (Å²) in [5.74, 6) is -0.0642. The fourth-order valence-corrected chi connectivity index (χ4v) is 2.44. The van der Waals surface area contributed by atoms with E-state index in [9.17, 15) is 9.59 Å². The average Bonchev–Trinajstić information content (AvgIpc) is 2.85. The molecule has 2 N–H and O–H groups in total. The number of hydrogen-bond acceptors (Lipinski definition) is 5. The molecule has 1 aromatic heterocycles. The van der Waals surface area contributed by atoms with Crippen LogP contribution < -0.4 is 10.6 Å². The Hall–Kier alpha value is -2.35. The normalized spacial score (nSPS) is 10.3. The van der Waals surface area contributed by atoms with Crippen LogP contribution in [0.25, 0.3) is 0 Å². The Kier molecular flexibility index (Phi) is 5.16. The van der Waals surface area contributed by atoms with E-state index >= 15 is 0 Å². The van der Waals surface area contributed by atoms with Gasteiger partial charge in [0, 0.05) is 25.3 Å². The van der Waals surface area contributed by atoms with Crippen molar-refractivity contribution in [2.75, 3.05) is 16.4 Å². The first kappa shape index (κ1) is 16.0. The van der Waals surface area contributed by atoms with Gasteiger partial charge in [0.25, 0.3) is 0 Å². The molecule has 7 nitrogen and oxygen atoms in total. The maximum Gasteiger partial charge on any atom is 0.234 e. The number of amides is 2. The highest BCUT2D eigenvalue weighted by Gasteiger charge is 2.08. The Labute approximate surface area is 132 Å². The molecule has 8 heteroatoms. The van der Waals surface area contributed by atoms with Crippen molar-refractivity contribution in [3.05, 3.63) is 30.1 Å². The SMILES string of the molecule is CC(=O)Nc1cc(NC(=O)CSc2nncn2C)ccc1C. The molecule has 2 rings (SSSR count). The van der Waals surface area contributed by atoms with E-state index in [-0.39, 0.29) is 17.6 Å². The Morgan fingerprint density at radius 1 is 1.32 bits per heavy atom. The molecule has 2 amide bonds. The third-order valence-electron chi connectivity index (χ3n) is 2.83. The Morgan fingerprint density at radius 3 is 2.73 bits per heavy atom. The molecule has 0 saturated carbocycles. The van der Waals surface area contributed by atoms with Crippen LogP contribution in [0, 0.1) is 6.92 Å². The van der Waals surface area contributed by atoms with E-state index in [1.54, 1.807) is 23.0 Å². The van der Waals surface area contributed by atoms with E-state index in [0.29, 0.717) is 16.5 Å². The number of carbonyl (C=O) groups excluding carboxylic acids is 2. The molecule has 0 aliphatic rings. The number of thioether (sulfide) groups is 1. The first-order valence-corrected chi connectivity index (χ1v) is 7.59. The van der Waals surface area contributed by atoms with Gasteiger partial charge in [-0.05, 0) is 24.6 Å². The van der Waals surface area contributed by atoms with Crippen LogP contribution in [-0.2, 0) is 16.6 Å². The standard InChI is InChI=1S/C14H17N5O2S/c1-9-4-5-11(6-12(9)16-10(2)20)17-13(21)7-22-14-18-15-8-19(14)3/h4-6,8H,7H2,1-3H3,(H,16,20)(H,17,21). The number of aromatic nitrogens is 3. The van der Waals surface area contributed by atoms with Crippen molar-refractivity contribution in [3.8, 4) is 0 Å². The van der Waals surface area contributed by atoms with E-state index in [4.69, 9.17) is 0 Å². The van der Waals surface area contributed by atoms with Crippen molar-refractivity contribution in [2.24, 2.45) is 7.05 Å². The third-order valence-corrected chi connectivity index (χ3v) is 3.87. The highest BCUT2D eigenvalue weighted by Crippen LogP contribution is 2.21. The van der Waals surface area contributed by atoms with Crippen molar-refractivity contribution < 1.29 is 9.59 Å². The Morgan fingerprint density at radius 2 is 2.09 bits per heavy atom. The van der Waals surface area contributed by atoms with Crippen molar-refractivity contribution in [1.29, 1.82) is 0 Å². The van der Waals surface area contributed by atoms with Gasteiger partial charge in [0.1, 0.15) is 6.33 Å². The van der Waals surface area contributed by atoms with E-state index in [2.05, 4.69) is 20.8 Å². The zero-order chi connectivity index (χ0) is 16.1. The van der Waals surface area contributed by atoms with Crippen LogP contribution >= 0.6 is 11.8 Å². The molecule has 0 saturated heterocycles. The number of hydrogen-bond donors (Lipinski definition) is 2. The van der Waals surface area contributed by atoms with Gasteiger partial charge < -0.3 is 15.2 Å². The zero-order valence-corrected chi connectivity index (χ0v) is 13.4. The average molecular weight is 319 g/mol. The summed E-state index contributed by atoms with van der Waals surface area (Å²) in [5, 5.41) is 13.9. The molecule has 1 heterocycles. The van der Waals surface area contributed by atoms with Crippen LogP contribution in [0.1, 0.15) is 12.5 Å². The summed E-state index contributed by atoms with van der Waals surface area (Å²) in [6.07, 6.45) is 1.58. The smallest absolute Gasteiger partial charge is 0.234 e. The summed E-state index contributed by atoms with van der Waals surface area (Å²) in [6.45, 7) is 3.34. The van der Waals surface area contributed by atoms with Gasteiger partial charge in [-0.2, -0.15) is 0 Å². The summed E-state index contributed by atoms with van der Waals surface area (Å²) >= 11 is 1.31. The van der Waals surface area contributed by atoms with Crippen LogP contribution in [-0.4, -0.2) is 32.3 Å². The number of nitrogens with zero attached hydrogens (tertiary/aromatic N) is 3. The Balaban J connectivity index is 1.96. The highest BCUT2D eigenvalue weighted by atomic mass is 32.2. The van der Waals surface area contributed by atoms with E-state index in [1.807, 2.05) is 20.0 Å². The van der Waals surface area contributed by atoms with Crippen molar-refractivity contribution in [1.82, 2.24) is 14.8 Å². The molecule has 0 unspecified atom stereocenters. The summed E-state index contributed by atoms with van der Waals surface area (Å²) in [4.78, 5) is 23.1. The summed E-state index contributed by atoms with van der Waals surface area (Å²) in [7, 11) is 1.82. The van der Waals surface area contributed by atoms with Gasteiger partial charge >= 0.3 is 0 Å². The number of anilines is 2. The van der Waals surface area contributed by atoms with Gasteiger partial charge in [-0.25, -0.2) is 0 Å². The van der Waals surface area contributed by atoms with Gasteiger partial charge in [0.05, 0.1) is 5.75 Å².